The number of fused-ring (bicyclic) bond motifs is 1. The van der Waals surface area contributed by atoms with E-state index in [9.17, 15) is 10.1 Å². The molecule has 0 spiro atoms. The maximum atomic E-state index is 13.8. The van der Waals surface area contributed by atoms with E-state index in [1.54, 1.807) is 0 Å². The van der Waals surface area contributed by atoms with Crippen molar-refractivity contribution in [3.63, 3.8) is 0 Å². The highest BCUT2D eigenvalue weighted by Crippen LogP contribution is 2.34. The number of nitriles is 1. The molecule has 0 fully saturated rings. The number of anilines is 1. The molecule has 0 unspecified atom stereocenters. The lowest BCUT2D eigenvalue weighted by Crippen LogP contribution is -2.30. The maximum Gasteiger partial charge on any atom is 0.179 e. The van der Waals surface area contributed by atoms with E-state index in [2.05, 4.69) is 10.7 Å². The summed E-state index contributed by atoms with van der Waals surface area (Å²) in [6.45, 7) is 2.04. The fourth-order valence-electron chi connectivity index (χ4n) is 3.75. The first-order valence-corrected chi connectivity index (χ1v) is 11.0. The lowest BCUT2D eigenvalue weighted by Gasteiger charge is -2.27. The quantitative estimate of drug-likeness (QED) is 0.264. The van der Waals surface area contributed by atoms with Gasteiger partial charge in [0, 0.05) is 11.3 Å². The maximum absolute atomic E-state index is 13.8. The summed E-state index contributed by atoms with van der Waals surface area (Å²) in [4.78, 5) is 13.8. The average molecular weight is 423 g/mol. The molecular weight excluding hydrogens is 400 g/mol. The Balaban J connectivity index is 1.78. The van der Waals surface area contributed by atoms with E-state index < -0.39 is 5.25 Å². The fourth-order valence-corrected chi connectivity index (χ4v) is 4.46. The van der Waals surface area contributed by atoms with Crippen LogP contribution < -0.4 is 5.32 Å². The normalized spacial score (nSPS) is 12.6. The van der Waals surface area contributed by atoms with E-state index in [4.69, 9.17) is 0 Å². The molecule has 0 saturated carbocycles. The summed E-state index contributed by atoms with van der Waals surface area (Å²) in [5.41, 5.74) is 3.67. The predicted octanol–water partition coefficient (Wildman–Crippen LogP) is 6.77. The molecule has 0 aliphatic heterocycles. The zero-order chi connectivity index (χ0) is 21.6. The Hall–Kier alpha value is -3.55. The van der Waals surface area contributed by atoms with Crippen molar-refractivity contribution < 1.29 is 4.79 Å². The van der Waals surface area contributed by atoms with Crippen LogP contribution in [0.3, 0.4) is 0 Å². The Kier molecular flexibility index (Phi) is 6.35. The van der Waals surface area contributed by atoms with Crippen LogP contribution in [0.2, 0.25) is 0 Å². The van der Waals surface area contributed by atoms with E-state index in [0.717, 1.165) is 39.3 Å². The molecule has 31 heavy (non-hydrogen) atoms. The first-order valence-electron chi connectivity index (χ1n) is 10.1. The second kappa shape index (κ2) is 9.51. The van der Waals surface area contributed by atoms with Crippen molar-refractivity contribution in [2.75, 3.05) is 5.32 Å². The second-order valence-corrected chi connectivity index (χ2v) is 8.35. The number of hydrogen-bond acceptors (Lipinski definition) is 4. The number of Topliss-reactive ketones (excluding diaryl/α,β-unsaturated/α-hetero) is 1. The van der Waals surface area contributed by atoms with Crippen molar-refractivity contribution in [1.29, 1.82) is 5.26 Å². The van der Waals surface area contributed by atoms with Crippen molar-refractivity contribution in [1.82, 2.24) is 0 Å². The monoisotopic (exact) mass is 422 g/mol. The van der Waals surface area contributed by atoms with Gasteiger partial charge in [-0.2, -0.15) is 5.26 Å². The third-order valence-corrected chi connectivity index (χ3v) is 6.17. The summed E-state index contributed by atoms with van der Waals surface area (Å²) < 4.78 is 0. The molecule has 4 rings (SSSR count). The van der Waals surface area contributed by atoms with Crippen molar-refractivity contribution in [2.45, 2.75) is 18.2 Å². The molecule has 0 radical (unpaired) electrons. The molecule has 0 aliphatic carbocycles. The van der Waals surface area contributed by atoms with Gasteiger partial charge in [0.25, 0.3) is 0 Å². The summed E-state index contributed by atoms with van der Waals surface area (Å²) >= 11 is 1.01. The van der Waals surface area contributed by atoms with E-state index in [0.29, 0.717) is 5.56 Å². The van der Waals surface area contributed by atoms with Crippen LogP contribution in [-0.2, 0) is 0 Å². The smallest absolute Gasteiger partial charge is 0.179 e. The summed E-state index contributed by atoms with van der Waals surface area (Å²) in [6, 6.07) is 31.2. The summed E-state index contributed by atoms with van der Waals surface area (Å²) in [6.07, 6.45) is 0. The van der Waals surface area contributed by atoms with Gasteiger partial charge in [-0.25, -0.2) is 0 Å². The molecule has 0 bridgehead atoms. The lowest BCUT2D eigenvalue weighted by molar-refractivity contribution is 0.0985. The van der Waals surface area contributed by atoms with E-state index >= 15 is 0 Å². The van der Waals surface area contributed by atoms with Gasteiger partial charge in [-0.05, 0) is 47.2 Å². The van der Waals surface area contributed by atoms with Gasteiger partial charge in [-0.3, -0.25) is 4.79 Å². The van der Waals surface area contributed by atoms with Gasteiger partial charge >= 0.3 is 0 Å². The summed E-state index contributed by atoms with van der Waals surface area (Å²) in [7, 11) is 0. The van der Waals surface area contributed by atoms with Gasteiger partial charge in [0.2, 0.25) is 0 Å². The molecule has 0 amide bonds. The van der Waals surface area contributed by atoms with E-state index in [1.165, 1.54) is 0 Å². The molecule has 2 atom stereocenters. The number of nitrogens with zero attached hydrogens (tertiary/aromatic N) is 1. The molecule has 3 nitrogen and oxygen atoms in total. The van der Waals surface area contributed by atoms with E-state index in [-0.39, 0.29) is 11.8 Å². The molecule has 0 aromatic heterocycles. The SMILES string of the molecule is Cc1ccc(N[C@@H](c2ccccc2)[C@@H](SC#N)C(=O)c2cccc3ccccc23)cc1. The third kappa shape index (κ3) is 4.63. The van der Waals surface area contributed by atoms with Gasteiger partial charge in [0.1, 0.15) is 10.7 Å². The molecule has 4 aromatic carbocycles. The zero-order valence-corrected chi connectivity index (χ0v) is 18.0. The Labute approximate surface area is 186 Å². The van der Waals surface area contributed by atoms with Gasteiger partial charge in [0.15, 0.2) is 5.78 Å². The van der Waals surface area contributed by atoms with Gasteiger partial charge < -0.3 is 5.32 Å². The number of hydrogen-bond donors (Lipinski definition) is 1. The number of aryl methyl sites for hydroxylation is 1. The Bertz CT molecular complexity index is 1220. The minimum absolute atomic E-state index is 0.0585. The molecule has 4 aromatic rings. The number of nitrogens with one attached hydrogen (secondary N) is 1. The molecule has 152 valence electrons. The van der Waals surface area contributed by atoms with Crippen molar-refractivity contribution >= 4 is 34.0 Å². The van der Waals surface area contributed by atoms with Gasteiger partial charge in [-0.15, -0.1) is 0 Å². The van der Waals surface area contributed by atoms with Crippen LogP contribution in [0, 0.1) is 17.6 Å². The summed E-state index contributed by atoms with van der Waals surface area (Å²) in [5, 5.41) is 16.6. The highest BCUT2D eigenvalue weighted by Gasteiger charge is 2.32. The number of carbonyl (C=O) groups is 1. The number of ketones is 1. The number of rotatable bonds is 7. The van der Waals surface area contributed by atoms with E-state index in [1.807, 2.05) is 104 Å². The van der Waals surface area contributed by atoms with Crippen LogP contribution in [0.15, 0.2) is 97.1 Å². The van der Waals surface area contributed by atoms with Crippen LogP contribution in [0.1, 0.15) is 27.5 Å². The van der Waals surface area contributed by atoms with Crippen LogP contribution in [-0.4, -0.2) is 11.0 Å². The number of benzene rings is 4. The highest BCUT2D eigenvalue weighted by molar-refractivity contribution is 8.05. The van der Waals surface area contributed by atoms with Gasteiger partial charge in [0.05, 0.1) is 6.04 Å². The molecular formula is C27H22N2OS. The predicted molar refractivity (Wildman–Crippen MR) is 129 cm³/mol. The number of thiocyanates is 1. The molecule has 0 heterocycles. The lowest BCUT2D eigenvalue weighted by atomic mass is 9.94. The largest absolute Gasteiger partial charge is 0.377 e. The van der Waals surface area contributed by atoms with Gasteiger partial charge in [-0.1, -0.05) is 90.5 Å². The summed E-state index contributed by atoms with van der Waals surface area (Å²) in [5.74, 6) is -0.0585. The minimum atomic E-state index is -0.612. The molecule has 4 heteroatoms. The fraction of sp³-hybridized carbons (Fsp3) is 0.111. The van der Waals surface area contributed by atoms with Crippen LogP contribution in [0.4, 0.5) is 5.69 Å². The number of carbonyl (C=O) groups excluding carboxylic acids is 1. The minimum Gasteiger partial charge on any atom is -0.377 e. The second-order valence-electron chi connectivity index (χ2n) is 7.42. The Morgan fingerprint density at radius 3 is 2.29 bits per heavy atom. The molecule has 1 N–H and O–H groups in total. The van der Waals surface area contributed by atoms with Crippen molar-refractivity contribution in [2.24, 2.45) is 0 Å². The Morgan fingerprint density at radius 2 is 1.55 bits per heavy atom. The first kappa shape index (κ1) is 20.7. The van der Waals surface area contributed by atoms with Crippen LogP contribution in [0.5, 0.6) is 0 Å². The first-order chi connectivity index (χ1) is 15.2. The average Bonchev–Trinajstić information content (AvgIpc) is 2.82. The topological polar surface area (TPSA) is 52.9 Å². The molecule has 0 saturated heterocycles. The Morgan fingerprint density at radius 1 is 0.871 bits per heavy atom. The standard InChI is InChI=1S/C27H22N2OS/c1-19-14-16-22(17-15-19)29-25(21-9-3-2-4-10-21)27(31-18-28)26(30)24-13-7-11-20-8-5-6-12-23(20)24/h2-17,25,27,29H,1H3/t25-,27+/m0/s1. The third-order valence-electron chi connectivity index (χ3n) is 5.33. The molecule has 0 aliphatic rings. The number of thioether (sulfide) groups is 1. The van der Waals surface area contributed by atoms with Crippen molar-refractivity contribution in [3.05, 3.63) is 114 Å². The highest BCUT2D eigenvalue weighted by atomic mass is 32.2. The van der Waals surface area contributed by atoms with Crippen molar-refractivity contribution in [3.8, 4) is 5.40 Å². The van der Waals surface area contributed by atoms with Crippen LogP contribution in [0.25, 0.3) is 10.8 Å². The zero-order valence-electron chi connectivity index (χ0n) is 17.2. The van der Waals surface area contributed by atoms with Crippen LogP contribution >= 0.6 is 11.8 Å².